The molecule has 0 aromatic carbocycles. The van der Waals surface area contributed by atoms with Crippen molar-refractivity contribution in [3.8, 4) is 17.4 Å². The zero-order valence-electron chi connectivity index (χ0n) is 15.4. The number of aromatic nitrogens is 6. The van der Waals surface area contributed by atoms with Gasteiger partial charge in [0.2, 0.25) is 5.88 Å². The largest absolute Gasteiger partial charge is 0.479 e. The molecular weight excluding hydrogens is 391 g/mol. The number of hydrogen-bond acceptors (Lipinski definition) is 6. The summed E-state index contributed by atoms with van der Waals surface area (Å²) < 4.78 is 48.0. The van der Waals surface area contributed by atoms with Crippen LogP contribution in [0.4, 0.5) is 19.0 Å². The molecule has 4 rings (SSSR count). The topological polar surface area (TPSA) is 99.8 Å². The summed E-state index contributed by atoms with van der Waals surface area (Å²) in [4.78, 5) is 16.7. The van der Waals surface area contributed by atoms with E-state index in [2.05, 4.69) is 25.6 Å². The average molecular weight is 407 g/mol. The number of carbonyl (C=O) groups excluding carboxylic acids is 1. The normalized spacial score (nSPS) is 15.2. The molecule has 1 saturated carbocycles. The molecule has 1 fully saturated rings. The molecular formula is C17H16F3N7O2. The highest BCUT2D eigenvalue weighted by atomic mass is 19.4. The number of nitrogens with one attached hydrogen (secondary N) is 1. The predicted molar refractivity (Wildman–Crippen MR) is 94.2 cm³/mol. The van der Waals surface area contributed by atoms with Gasteiger partial charge < -0.3 is 10.1 Å². The lowest BCUT2D eigenvalue weighted by atomic mass is 10.2. The van der Waals surface area contributed by atoms with Crippen molar-refractivity contribution in [1.82, 2.24) is 29.5 Å². The quantitative estimate of drug-likeness (QED) is 0.697. The Morgan fingerprint density at radius 3 is 2.72 bits per heavy atom. The van der Waals surface area contributed by atoms with Crippen molar-refractivity contribution in [1.29, 1.82) is 0 Å². The molecule has 0 radical (unpaired) electrons. The number of aryl methyl sites for hydroxylation is 1. The smallest absolute Gasteiger partial charge is 0.412 e. The number of hydrogen-bond donors (Lipinski definition) is 1. The molecule has 1 aliphatic rings. The first kappa shape index (κ1) is 18.9. The fraction of sp³-hybridized carbons (Fsp3) is 0.353. The maximum atomic E-state index is 13.5. The summed E-state index contributed by atoms with van der Waals surface area (Å²) in [7, 11) is 3.03. The van der Waals surface area contributed by atoms with Crippen LogP contribution in [0.15, 0.2) is 30.7 Å². The maximum Gasteiger partial charge on any atom is 0.412 e. The Kier molecular flexibility index (Phi) is 4.28. The Hall–Kier alpha value is -3.44. The van der Waals surface area contributed by atoms with Crippen LogP contribution in [-0.4, -0.2) is 48.7 Å². The van der Waals surface area contributed by atoms with Crippen LogP contribution in [-0.2, 0) is 12.6 Å². The van der Waals surface area contributed by atoms with Gasteiger partial charge in [0.05, 0.1) is 7.11 Å². The molecule has 152 valence electrons. The first-order valence-corrected chi connectivity index (χ1v) is 8.59. The average Bonchev–Trinajstić information content (AvgIpc) is 3.19. The molecule has 0 saturated heterocycles. The van der Waals surface area contributed by atoms with Gasteiger partial charge in [-0.2, -0.15) is 13.2 Å². The minimum absolute atomic E-state index is 0.0186. The third kappa shape index (κ3) is 3.19. The molecule has 0 bridgehead atoms. The minimum atomic E-state index is -4.42. The lowest BCUT2D eigenvalue weighted by molar-refractivity contribution is -0.179. The van der Waals surface area contributed by atoms with Crippen molar-refractivity contribution in [3.05, 3.63) is 36.3 Å². The molecule has 0 aliphatic heterocycles. The summed E-state index contributed by atoms with van der Waals surface area (Å²) in [5.41, 5.74) is -1.65. The van der Waals surface area contributed by atoms with E-state index in [-0.39, 0.29) is 41.6 Å². The van der Waals surface area contributed by atoms with E-state index in [0.29, 0.717) is 0 Å². The molecule has 1 aliphatic carbocycles. The highest BCUT2D eigenvalue weighted by molar-refractivity contribution is 6.05. The van der Waals surface area contributed by atoms with Gasteiger partial charge in [-0.05, 0) is 25.0 Å². The summed E-state index contributed by atoms with van der Waals surface area (Å²) in [5, 5.41) is 14.1. The van der Waals surface area contributed by atoms with Gasteiger partial charge in [-0.25, -0.2) is 4.98 Å². The highest BCUT2D eigenvalue weighted by Gasteiger charge is 2.65. The van der Waals surface area contributed by atoms with Gasteiger partial charge in [-0.15, -0.1) is 15.3 Å². The van der Waals surface area contributed by atoms with Crippen LogP contribution in [0.5, 0.6) is 5.88 Å². The molecule has 0 spiro atoms. The van der Waals surface area contributed by atoms with Crippen LogP contribution in [0.2, 0.25) is 0 Å². The lowest BCUT2D eigenvalue weighted by Gasteiger charge is -2.21. The van der Waals surface area contributed by atoms with Gasteiger partial charge in [0.25, 0.3) is 5.91 Å². The number of nitrogens with zero attached hydrogens (tertiary/aromatic N) is 6. The van der Waals surface area contributed by atoms with E-state index >= 15 is 0 Å². The van der Waals surface area contributed by atoms with Crippen LogP contribution in [0.25, 0.3) is 11.5 Å². The Morgan fingerprint density at radius 2 is 2.07 bits per heavy atom. The number of ether oxygens (including phenoxy) is 1. The highest BCUT2D eigenvalue weighted by Crippen LogP contribution is 2.56. The van der Waals surface area contributed by atoms with Gasteiger partial charge >= 0.3 is 6.18 Å². The van der Waals surface area contributed by atoms with Gasteiger partial charge in [0, 0.05) is 13.2 Å². The van der Waals surface area contributed by atoms with Crippen LogP contribution < -0.4 is 10.1 Å². The molecule has 0 unspecified atom stereocenters. The van der Waals surface area contributed by atoms with Crippen molar-refractivity contribution in [2.75, 3.05) is 12.4 Å². The summed E-state index contributed by atoms with van der Waals surface area (Å²) in [6.45, 7) is 0. The molecule has 3 heterocycles. The van der Waals surface area contributed by atoms with Crippen LogP contribution in [0, 0.1) is 0 Å². The molecule has 3 aromatic rings. The predicted octanol–water partition coefficient (Wildman–Crippen LogP) is 2.39. The molecule has 9 nitrogen and oxygen atoms in total. The zero-order chi connectivity index (χ0) is 20.8. The third-order valence-corrected chi connectivity index (χ3v) is 4.71. The van der Waals surface area contributed by atoms with Gasteiger partial charge in [-0.1, -0.05) is 6.07 Å². The van der Waals surface area contributed by atoms with E-state index < -0.39 is 17.6 Å². The standard InChI is InChI=1S/C17H16F3N7O2/c1-26-8-10(15(25-26)29-2)14(28)23-12-5-3-4-11(22-12)13-24-21-9-27(13)16(6-7-16)17(18,19)20/h3-5,8-9H,6-7H2,1-2H3,(H,22,23,28). The monoisotopic (exact) mass is 407 g/mol. The van der Waals surface area contributed by atoms with Crippen molar-refractivity contribution in [3.63, 3.8) is 0 Å². The second kappa shape index (κ2) is 6.57. The minimum Gasteiger partial charge on any atom is -0.479 e. The number of amides is 1. The van der Waals surface area contributed by atoms with E-state index in [9.17, 15) is 18.0 Å². The van der Waals surface area contributed by atoms with E-state index in [1.54, 1.807) is 13.1 Å². The SMILES string of the molecule is COc1nn(C)cc1C(=O)Nc1cccc(-c2nncn2C2(C(F)(F)F)CC2)n1. The Labute approximate surface area is 162 Å². The van der Waals surface area contributed by atoms with Crippen LogP contribution in [0.3, 0.4) is 0 Å². The Bertz CT molecular complexity index is 1070. The van der Waals surface area contributed by atoms with Crippen molar-refractivity contribution in [2.24, 2.45) is 7.05 Å². The first-order valence-electron chi connectivity index (χ1n) is 8.59. The maximum absolute atomic E-state index is 13.5. The number of halogens is 3. The lowest BCUT2D eigenvalue weighted by Crippen LogP contribution is -2.35. The van der Waals surface area contributed by atoms with Crippen LogP contribution in [0.1, 0.15) is 23.2 Å². The molecule has 1 N–H and O–H groups in total. The van der Waals surface area contributed by atoms with Crippen molar-refractivity contribution >= 4 is 11.7 Å². The van der Waals surface area contributed by atoms with E-state index in [1.165, 1.54) is 30.1 Å². The summed E-state index contributed by atoms with van der Waals surface area (Å²) in [5.74, 6) is -0.253. The molecule has 3 aromatic heterocycles. The number of methoxy groups -OCH3 is 1. The van der Waals surface area contributed by atoms with Gasteiger partial charge in [-0.3, -0.25) is 14.0 Å². The fourth-order valence-corrected chi connectivity index (χ4v) is 3.09. The van der Waals surface area contributed by atoms with E-state index in [0.717, 1.165) is 10.9 Å². The van der Waals surface area contributed by atoms with E-state index in [4.69, 9.17) is 4.74 Å². The molecule has 0 atom stereocenters. The Balaban J connectivity index is 1.63. The van der Waals surface area contributed by atoms with E-state index in [1.807, 2.05) is 0 Å². The number of pyridine rings is 1. The van der Waals surface area contributed by atoms with Gasteiger partial charge in [0.15, 0.2) is 5.82 Å². The van der Waals surface area contributed by atoms with Crippen molar-refractivity contribution < 1.29 is 22.7 Å². The zero-order valence-corrected chi connectivity index (χ0v) is 15.4. The summed E-state index contributed by atoms with van der Waals surface area (Å²) in [6, 6.07) is 4.58. The first-order chi connectivity index (χ1) is 13.7. The molecule has 12 heteroatoms. The van der Waals surface area contributed by atoms with Crippen LogP contribution >= 0.6 is 0 Å². The molecule has 29 heavy (non-hydrogen) atoms. The molecule has 1 amide bonds. The third-order valence-electron chi connectivity index (χ3n) is 4.71. The second-order valence-electron chi connectivity index (χ2n) is 6.64. The second-order valence-corrected chi connectivity index (χ2v) is 6.64. The summed E-state index contributed by atoms with van der Waals surface area (Å²) >= 11 is 0. The summed E-state index contributed by atoms with van der Waals surface area (Å²) in [6.07, 6.45) is -1.97. The number of carbonyl (C=O) groups is 1. The van der Waals surface area contributed by atoms with Gasteiger partial charge in [0.1, 0.15) is 28.9 Å². The Morgan fingerprint density at radius 1 is 1.31 bits per heavy atom. The fourth-order valence-electron chi connectivity index (χ4n) is 3.09. The number of anilines is 1. The number of alkyl halides is 3. The number of rotatable bonds is 5. The van der Waals surface area contributed by atoms with Crippen molar-refractivity contribution in [2.45, 2.75) is 24.6 Å².